The first-order chi connectivity index (χ1) is 8.90. The fourth-order valence-electron chi connectivity index (χ4n) is 1.92. The summed E-state index contributed by atoms with van der Waals surface area (Å²) >= 11 is 0. The summed E-state index contributed by atoms with van der Waals surface area (Å²) in [4.78, 5) is 10.9. The van der Waals surface area contributed by atoms with Crippen molar-refractivity contribution in [1.82, 2.24) is 0 Å². The van der Waals surface area contributed by atoms with Gasteiger partial charge in [-0.1, -0.05) is 26.0 Å². The van der Waals surface area contributed by atoms with E-state index in [1.54, 1.807) is 0 Å². The van der Waals surface area contributed by atoms with Gasteiger partial charge in [-0.15, -0.1) is 0 Å². The van der Waals surface area contributed by atoms with Crippen LogP contribution in [0.5, 0.6) is 5.75 Å². The van der Waals surface area contributed by atoms with Crippen LogP contribution in [0.25, 0.3) is 0 Å². The Hall–Kier alpha value is -1.35. The Balaban J connectivity index is 2.76. The van der Waals surface area contributed by atoms with Gasteiger partial charge >= 0.3 is 5.97 Å². The number of carbonyl (C=O) groups excluding carboxylic acids is 1. The molecule has 0 saturated carbocycles. The molecule has 0 fully saturated rings. The van der Waals surface area contributed by atoms with Crippen LogP contribution < -0.4 is 4.74 Å². The minimum absolute atomic E-state index is 0.238. The number of ether oxygens (including phenoxy) is 2. The van der Waals surface area contributed by atoms with Crippen LogP contribution in [0.3, 0.4) is 0 Å². The lowest BCUT2D eigenvalue weighted by Crippen LogP contribution is -2.17. The Bertz CT molecular complexity index is 393. The van der Waals surface area contributed by atoms with E-state index in [-0.39, 0.29) is 12.1 Å². The van der Waals surface area contributed by atoms with E-state index in [0.29, 0.717) is 24.2 Å². The van der Waals surface area contributed by atoms with Crippen molar-refractivity contribution in [3.05, 3.63) is 29.8 Å². The molecular formula is C16H24O3. The van der Waals surface area contributed by atoms with Gasteiger partial charge in [-0.3, -0.25) is 4.79 Å². The van der Waals surface area contributed by atoms with E-state index >= 15 is 0 Å². The van der Waals surface area contributed by atoms with E-state index < -0.39 is 0 Å². The molecule has 0 heterocycles. The van der Waals surface area contributed by atoms with Gasteiger partial charge in [0, 0.05) is 12.8 Å². The van der Waals surface area contributed by atoms with E-state index in [1.807, 2.05) is 38.1 Å². The van der Waals surface area contributed by atoms with Crippen LogP contribution in [0.4, 0.5) is 0 Å². The van der Waals surface area contributed by atoms with Crippen molar-refractivity contribution in [2.75, 3.05) is 6.61 Å². The van der Waals surface area contributed by atoms with E-state index in [0.717, 1.165) is 0 Å². The Kier molecular flexibility index (Phi) is 6.03. The summed E-state index contributed by atoms with van der Waals surface area (Å²) < 4.78 is 10.8. The second kappa shape index (κ2) is 7.29. The number of esters is 1. The second-order valence-electron chi connectivity index (χ2n) is 5.40. The van der Waals surface area contributed by atoms with Gasteiger partial charge in [-0.05, 0) is 37.5 Å². The van der Waals surface area contributed by atoms with Crippen molar-refractivity contribution in [1.29, 1.82) is 0 Å². The van der Waals surface area contributed by atoms with Gasteiger partial charge in [-0.25, -0.2) is 0 Å². The SMILES string of the molecule is CC(=O)Oc1ccc(C(COC(C)C)C(C)C)cc1. The molecule has 0 aromatic heterocycles. The fourth-order valence-corrected chi connectivity index (χ4v) is 1.92. The summed E-state index contributed by atoms with van der Waals surface area (Å²) in [6.45, 7) is 10.6. The maximum atomic E-state index is 10.9. The molecule has 1 atom stereocenters. The first-order valence-corrected chi connectivity index (χ1v) is 6.80. The Morgan fingerprint density at radius 3 is 2.11 bits per heavy atom. The van der Waals surface area contributed by atoms with E-state index in [1.165, 1.54) is 12.5 Å². The van der Waals surface area contributed by atoms with E-state index in [9.17, 15) is 4.79 Å². The van der Waals surface area contributed by atoms with Crippen LogP contribution in [0.2, 0.25) is 0 Å². The van der Waals surface area contributed by atoms with Crippen molar-refractivity contribution in [3.63, 3.8) is 0 Å². The summed E-state index contributed by atoms with van der Waals surface area (Å²) in [6.07, 6.45) is 0.238. The summed E-state index contributed by atoms with van der Waals surface area (Å²) in [7, 11) is 0. The van der Waals surface area contributed by atoms with Gasteiger partial charge in [0.2, 0.25) is 0 Å². The van der Waals surface area contributed by atoms with Crippen LogP contribution in [-0.4, -0.2) is 18.7 Å². The van der Waals surface area contributed by atoms with Crippen LogP contribution in [-0.2, 0) is 9.53 Å². The van der Waals surface area contributed by atoms with Crippen molar-refractivity contribution in [2.45, 2.75) is 46.6 Å². The normalized spacial score (nSPS) is 12.8. The second-order valence-corrected chi connectivity index (χ2v) is 5.40. The zero-order chi connectivity index (χ0) is 14.4. The van der Waals surface area contributed by atoms with E-state index in [4.69, 9.17) is 9.47 Å². The highest BCUT2D eigenvalue weighted by Gasteiger charge is 2.17. The number of benzene rings is 1. The molecule has 106 valence electrons. The van der Waals surface area contributed by atoms with Crippen molar-refractivity contribution >= 4 is 5.97 Å². The first kappa shape index (κ1) is 15.7. The highest BCUT2D eigenvalue weighted by atomic mass is 16.5. The maximum Gasteiger partial charge on any atom is 0.308 e. The minimum Gasteiger partial charge on any atom is -0.427 e. The van der Waals surface area contributed by atoms with Gasteiger partial charge in [-0.2, -0.15) is 0 Å². The number of carbonyl (C=O) groups is 1. The van der Waals surface area contributed by atoms with Crippen molar-refractivity contribution in [3.8, 4) is 5.75 Å². The van der Waals surface area contributed by atoms with Gasteiger partial charge in [0.1, 0.15) is 5.75 Å². The molecule has 19 heavy (non-hydrogen) atoms. The zero-order valence-electron chi connectivity index (χ0n) is 12.5. The lowest BCUT2D eigenvalue weighted by atomic mass is 9.89. The predicted octanol–water partition coefficient (Wildman–Crippen LogP) is 3.78. The topological polar surface area (TPSA) is 35.5 Å². The van der Waals surface area contributed by atoms with Crippen molar-refractivity contribution in [2.24, 2.45) is 5.92 Å². The van der Waals surface area contributed by atoms with Crippen LogP contribution in [0, 0.1) is 5.92 Å². The van der Waals surface area contributed by atoms with Crippen LogP contribution in [0.1, 0.15) is 46.1 Å². The lowest BCUT2D eigenvalue weighted by Gasteiger charge is -2.22. The number of hydrogen-bond donors (Lipinski definition) is 0. The molecule has 0 radical (unpaired) electrons. The van der Waals surface area contributed by atoms with Gasteiger partial charge < -0.3 is 9.47 Å². The molecule has 0 aliphatic heterocycles. The predicted molar refractivity (Wildman–Crippen MR) is 76.4 cm³/mol. The Labute approximate surface area is 115 Å². The highest BCUT2D eigenvalue weighted by molar-refractivity contribution is 5.69. The monoisotopic (exact) mass is 264 g/mol. The standard InChI is InChI=1S/C16H24O3/c1-11(2)16(10-18-12(3)4)14-6-8-15(9-7-14)19-13(5)17/h6-9,11-12,16H,10H2,1-5H3. The molecule has 0 aliphatic rings. The van der Waals surface area contributed by atoms with Gasteiger partial charge in [0.05, 0.1) is 12.7 Å². The molecule has 0 N–H and O–H groups in total. The summed E-state index contributed by atoms with van der Waals surface area (Å²) in [5.74, 6) is 1.15. The molecule has 1 aromatic carbocycles. The molecule has 3 heteroatoms. The third-order valence-electron chi connectivity index (χ3n) is 2.98. The summed E-state index contributed by atoms with van der Waals surface area (Å²) in [5, 5.41) is 0. The highest BCUT2D eigenvalue weighted by Crippen LogP contribution is 2.27. The minimum atomic E-state index is -0.295. The van der Waals surface area contributed by atoms with Gasteiger partial charge in [0.15, 0.2) is 0 Å². The Morgan fingerprint density at radius 2 is 1.68 bits per heavy atom. The van der Waals surface area contributed by atoms with Crippen molar-refractivity contribution < 1.29 is 14.3 Å². The average Bonchev–Trinajstić information content (AvgIpc) is 2.29. The van der Waals surface area contributed by atoms with Crippen LogP contribution in [0.15, 0.2) is 24.3 Å². The summed E-state index contributed by atoms with van der Waals surface area (Å²) in [5.41, 5.74) is 1.21. The van der Waals surface area contributed by atoms with E-state index in [2.05, 4.69) is 13.8 Å². The number of hydrogen-bond acceptors (Lipinski definition) is 3. The molecule has 3 nitrogen and oxygen atoms in total. The molecule has 1 rings (SSSR count). The third kappa shape index (κ3) is 5.43. The Morgan fingerprint density at radius 1 is 1.11 bits per heavy atom. The quantitative estimate of drug-likeness (QED) is 0.579. The first-order valence-electron chi connectivity index (χ1n) is 6.80. The largest absolute Gasteiger partial charge is 0.427 e. The summed E-state index contributed by atoms with van der Waals surface area (Å²) in [6, 6.07) is 7.68. The van der Waals surface area contributed by atoms with Crippen LogP contribution >= 0.6 is 0 Å². The molecule has 1 aromatic rings. The number of rotatable bonds is 6. The fraction of sp³-hybridized carbons (Fsp3) is 0.562. The molecule has 0 aliphatic carbocycles. The molecule has 1 unspecified atom stereocenters. The third-order valence-corrected chi connectivity index (χ3v) is 2.98. The zero-order valence-corrected chi connectivity index (χ0v) is 12.5. The molecular weight excluding hydrogens is 240 g/mol. The molecule has 0 spiro atoms. The van der Waals surface area contributed by atoms with Gasteiger partial charge in [0.25, 0.3) is 0 Å². The average molecular weight is 264 g/mol. The molecule has 0 bridgehead atoms. The smallest absolute Gasteiger partial charge is 0.308 e. The molecule has 0 amide bonds. The maximum absolute atomic E-state index is 10.9. The lowest BCUT2D eigenvalue weighted by molar-refractivity contribution is -0.131. The molecule has 0 saturated heterocycles.